The van der Waals surface area contributed by atoms with E-state index in [2.05, 4.69) is 44.7 Å². The van der Waals surface area contributed by atoms with Gasteiger partial charge in [-0.2, -0.15) is 0 Å². The molecule has 3 aromatic heterocycles. The fourth-order valence-electron chi connectivity index (χ4n) is 4.76. The average molecular weight is 422 g/mol. The monoisotopic (exact) mass is 421 g/mol. The molecular formula is C24H31N5O2. The van der Waals surface area contributed by atoms with Crippen molar-refractivity contribution >= 4 is 16.7 Å². The molecule has 0 aliphatic carbocycles. The third-order valence-electron chi connectivity index (χ3n) is 6.59. The fourth-order valence-corrected chi connectivity index (χ4v) is 4.76. The number of pyridine rings is 2. The molecule has 7 heteroatoms. The van der Waals surface area contributed by atoms with Crippen LogP contribution in [0.25, 0.3) is 22.2 Å². The molecule has 164 valence electrons. The van der Waals surface area contributed by atoms with Crippen LogP contribution in [0.15, 0.2) is 36.7 Å². The summed E-state index contributed by atoms with van der Waals surface area (Å²) in [6, 6.07) is 8.41. The lowest BCUT2D eigenvalue weighted by molar-refractivity contribution is 0.122. The number of fused-ring (bicyclic) bond motifs is 1. The molecule has 31 heavy (non-hydrogen) atoms. The molecule has 0 N–H and O–H groups in total. The Morgan fingerprint density at radius 1 is 1.13 bits per heavy atom. The minimum absolute atomic E-state index is 0.607. The Balaban J connectivity index is 1.58. The normalized spacial score (nSPS) is 18.6. The van der Waals surface area contributed by atoms with E-state index in [1.165, 1.54) is 36.8 Å². The SMILES string of the molecule is COc1ncccc1-c1cc2c(ccn2CC2CCN(C)CC2)c(N2CCOCC2)n1. The molecule has 2 saturated heterocycles. The molecule has 0 spiro atoms. The van der Waals surface area contributed by atoms with Crippen molar-refractivity contribution in [3.8, 4) is 17.1 Å². The highest BCUT2D eigenvalue weighted by molar-refractivity contribution is 5.94. The van der Waals surface area contributed by atoms with E-state index >= 15 is 0 Å². The van der Waals surface area contributed by atoms with Crippen molar-refractivity contribution in [2.24, 2.45) is 5.92 Å². The number of hydrogen-bond donors (Lipinski definition) is 0. The lowest BCUT2D eigenvalue weighted by Crippen LogP contribution is -2.37. The van der Waals surface area contributed by atoms with Crippen molar-refractivity contribution in [2.75, 3.05) is 58.5 Å². The zero-order chi connectivity index (χ0) is 21.2. The van der Waals surface area contributed by atoms with Crippen LogP contribution in [0.1, 0.15) is 12.8 Å². The van der Waals surface area contributed by atoms with Crippen LogP contribution in [0.4, 0.5) is 5.82 Å². The van der Waals surface area contributed by atoms with E-state index in [9.17, 15) is 0 Å². The van der Waals surface area contributed by atoms with Crippen molar-refractivity contribution in [3.05, 3.63) is 36.7 Å². The first kappa shape index (κ1) is 20.3. The summed E-state index contributed by atoms with van der Waals surface area (Å²) in [5, 5.41) is 1.21. The Morgan fingerprint density at radius 3 is 2.71 bits per heavy atom. The van der Waals surface area contributed by atoms with Crippen LogP contribution < -0.4 is 9.64 Å². The lowest BCUT2D eigenvalue weighted by atomic mass is 9.97. The first-order valence-corrected chi connectivity index (χ1v) is 11.2. The molecular weight excluding hydrogens is 390 g/mol. The maximum Gasteiger partial charge on any atom is 0.222 e. The number of ether oxygens (including phenoxy) is 2. The van der Waals surface area contributed by atoms with E-state index in [-0.39, 0.29) is 0 Å². The summed E-state index contributed by atoms with van der Waals surface area (Å²) < 4.78 is 13.6. The molecule has 5 rings (SSSR count). The molecule has 0 aromatic carbocycles. The second kappa shape index (κ2) is 8.85. The molecule has 0 atom stereocenters. The summed E-state index contributed by atoms with van der Waals surface area (Å²) in [5.41, 5.74) is 3.06. The Morgan fingerprint density at radius 2 is 1.94 bits per heavy atom. The zero-order valence-corrected chi connectivity index (χ0v) is 18.5. The van der Waals surface area contributed by atoms with Crippen molar-refractivity contribution in [1.29, 1.82) is 0 Å². The largest absolute Gasteiger partial charge is 0.481 e. The van der Waals surface area contributed by atoms with Crippen LogP contribution >= 0.6 is 0 Å². The smallest absolute Gasteiger partial charge is 0.222 e. The quantitative estimate of drug-likeness (QED) is 0.630. The second-order valence-corrected chi connectivity index (χ2v) is 8.64. The number of anilines is 1. The summed E-state index contributed by atoms with van der Waals surface area (Å²) in [7, 11) is 3.88. The summed E-state index contributed by atoms with van der Waals surface area (Å²) in [4.78, 5) is 14.3. The van der Waals surface area contributed by atoms with Gasteiger partial charge >= 0.3 is 0 Å². The number of rotatable bonds is 5. The molecule has 2 fully saturated rings. The first-order chi connectivity index (χ1) is 15.2. The molecule has 0 unspecified atom stereocenters. The topological polar surface area (TPSA) is 55.7 Å². The number of piperidine rings is 1. The van der Waals surface area contributed by atoms with Crippen LogP contribution in [0, 0.1) is 5.92 Å². The van der Waals surface area contributed by atoms with Gasteiger partial charge in [0.1, 0.15) is 5.82 Å². The Kier molecular flexibility index (Phi) is 5.78. The highest BCUT2D eigenvalue weighted by atomic mass is 16.5. The zero-order valence-electron chi connectivity index (χ0n) is 18.5. The van der Waals surface area contributed by atoms with Crippen LogP contribution in [-0.2, 0) is 11.3 Å². The van der Waals surface area contributed by atoms with E-state index in [4.69, 9.17) is 14.5 Å². The number of hydrogen-bond acceptors (Lipinski definition) is 6. The van der Waals surface area contributed by atoms with Gasteiger partial charge in [-0.1, -0.05) is 0 Å². The highest BCUT2D eigenvalue weighted by Crippen LogP contribution is 2.35. The maximum absolute atomic E-state index is 5.59. The van der Waals surface area contributed by atoms with Crippen LogP contribution in [-0.4, -0.2) is 73.0 Å². The molecule has 3 aromatic rings. The van der Waals surface area contributed by atoms with Gasteiger partial charge in [-0.15, -0.1) is 0 Å². The Hall–Kier alpha value is -2.64. The second-order valence-electron chi connectivity index (χ2n) is 8.64. The summed E-state index contributed by atoms with van der Waals surface area (Å²) in [6.45, 7) is 6.60. The number of likely N-dealkylation sites (tertiary alicyclic amines) is 1. The average Bonchev–Trinajstić information content (AvgIpc) is 3.23. The number of morpholine rings is 1. The summed E-state index contributed by atoms with van der Waals surface area (Å²) in [6.07, 6.45) is 6.49. The van der Waals surface area contributed by atoms with Crippen molar-refractivity contribution < 1.29 is 9.47 Å². The Labute approximate surface area is 183 Å². The van der Waals surface area contributed by atoms with Gasteiger partial charge < -0.3 is 23.8 Å². The molecule has 0 bridgehead atoms. The first-order valence-electron chi connectivity index (χ1n) is 11.2. The predicted octanol–water partition coefficient (Wildman–Crippen LogP) is 3.29. The third kappa shape index (κ3) is 4.12. The molecule has 2 aliphatic heterocycles. The standard InChI is InChI=1S/C24H31N5O2/c1-27-9-5-18(6-10-27)17-29-11-7-20-22(29)16-21(19-4-3-8-25-24(19)30-2)26-23(20)28-12-14-31-15-13-28/h3-4,7-8,11,16,18H,5-6,9-10,12-15,17H2,1-2H3. The van der Waals surface area contributed by atoms with Gasteiger partial charge in [0.25, 0.3) is 0 Å². The van der Waals surface area contributed by atoms with E-state index < -0.39 is 0 Å². The molecule has 7 nitrogen and oxygen atoms in total. The number of methoxy groups -OCH3 is 1. The van der Waals surface area contributed by atoms with Crippen molar-refractivity contribution in [1.82, 2.24) is 19.4 Å². The van der Waals surface area contributed by atoms with Crippen LogP contribution in [0.3, 0.4) is 0 Å². The van der Waals surface area contributed by atoms with Gasteiger partial charge in [0.15, 0.2) is 0 Å². The van der Waals surface area contributed by atoms with Gasteiger partial charge in [-0.3, -0.25) is 0 Å². The lowest BCUT2D eigenvalue weighted by Gasteiger charge is -2.30. The van der Waals surface area contributed by atoms with E-state index in [1.54, 1.807) is 13.3 Å². The summed E-state index contributed by atoms with van der Waals surface area (Å²) >= 11 is 0. The van der Waals surface area contributed by atoms with Crippen LogP contribution in [0.5, 0.6) is 5.88 Å². The van der Waals surface area contributed by atoms with Gasteiger partial charge in [-0.25, -0.2) is 9.97 Å². The molecule has 0 amide bonds. The molecule has 0 radical (unpaired) electrons. The minimum Gasteiger partial charge on any atom is -0.481 e. The van der Waals surface area contributed by atoms with Gasteiger partial charge in [0, 0.05) is 37.4 Å². The Bertz CT molecular complexity index is 1040. The van der Waals surface area contributed by atoms with Crippen molar-refractivity contribution in [3.63, 3.8) is 0 Å². The van der Waals surface area contributed by atoms with Crippen molar-refractivity contribution in [2.45, 2.75) is 19.4 Å². The van der Waals surface area contributed by atoms with E-state index in [1.807, 2.05) is 12.1 Å². The highest BCUT2D eigenvalue weighted by Gasteiger charge is 2.22. The van der Waals surface area contributed by atoms with Gasteiger partial charge in [0.2, 0.25) is 5.88 Å². The third-order valence-corrected chi connectivity index (χ3v) is 6.59. The van der Waals surface area contributed by atoms with E-state index in [0.717, 1.165) is 49.9 Å². The number of nitrogens with zero attached hydrogens (tertiary/aromatic N) is 5. The minimum atomic E-state index is 0.607. The van der Waals surface area contributed by atoms with Gasteiger partial charge in [-0.05, 0) is 63.2 Å². The molecule has 0 saturated carbocycles. The van der Waals surface area contributed by atoms with E-state index in [0.29, 0.717) is 11.8 Å². The summed E-state index contributed by atoms with van der Waals surface area (Å²) in [5.74, 6) is 2.35. The van der Waals surface area contributed by atoms with Crippen LogP contribution in [0.2, 0.25) is 0 Å². The predicted molar refractivity (Wildman–Crippen MR) is 123 cm³/mol. The fraction of sp³-hybridized carbons (Fsp3) is 0.500. The maximum atomic E-state index is 5.59. The molecule has 2 aliphatic rings. The molecule has 5 heterocycles. The van der Waals surface area contributed by atoms with Gasteiger partial charge in [0.05, 0.1) is 37.1 Å². The number of aromatic nitrogens is 3.